The van der Waals surface area contributed by atoms with Crippen LogP contribution in [0.15, 0.2) is 39.6 Å². The molecule has 0 saturated carbocycles. The molecule has 1 aliphatic heterocycles. The SMILES string of the molecule is CC1=C(Oc2ccccc2Cl)COc2c1n(C)c(=O)n(C)c2=O. The Morgan fingerprint density at radius 1 is 1.17 bits per heavy atom. The fraction of sp³-hybridized carbons (Fsp3) is 0.250. The molecule has 0 fully saturated rings. The molecule has 1 aromatic carbocycles. The van der Waals surface area contributed by atoms with E-state index in [0.717, 1.165) is 4.57 Å². The molecule has 0 amide bonds. The van der Waals surface area contributed by atoms with Crippen LogP contribution in [0.1, 0.15) is 12.6 Å². The minimum Gasteiger partial charge on any atom is -0.478 e. The van der Waals surface area contributed by atoms with Crippen LogP contribution < -0.4 is 20.7 Å². The largest absolute Gasteiger partial charge is 0.478 e. The van der Waals surface area contributed by atoms with Gasteiger partial charge in [-0.15, -0.1) is 0 Å². The minimum absolute atomic E-state index is 0.0947. The Morgan fingerprint density at radius 3 is 2.57 bits per heavy atom. The Kier molecular flexibility index (Phi) is 3.77. The zero-order valence-corrected chi connectivity index (χ0v) is 13.7. The summed E-state index contributed by atoms with van der Waals surface area (Å²) < 4.78 is 13.8. The molecule has 0 N–H and O–H groups in total. The third-order valence-corrected chi connectivity index (χ3v) is 4.13. The van der Waals surface area contributed by atoms with E-state index in [9.17, 15) is 9.59 Å². The average molecular weight is 335 g/mol. The molecular weight excluding hydrogens is 320 g/mol. The van der Waals surface area contributed by atoms with Crippen LogP contribution in [0.2, 0.25) is 5.02 Å². The molecule has 3 rings (SSSR count). The van der Waals surface area contributed by atoms with Gasteiger partial charge in [0.15, 0.2) is 0 Å². The molecule has 0 saturated heterocycles. The van der Waals surface area contributed by atoms with Crippen LogP contribution in [0.3, 0.4) is 0 Å². The van der Waals surface area contributed by atoms with E-state index in [0.29, 0.717) is 27.8 Å². The number of ether oxygens (including phenoxy) is 2. The number of para-hydroxylation sites is 1. The van der Waals surface area contributed by atoms with Gasteiger partial charge in [0.05, 0.1) is 10.7 Å². The van der Waals surface area contributed by atoms with Gasteiger partial charge in [0, 0.05) is 19.7 Å². The first-order chi connectivity index (χ1) is 10.9. The van der Waals surface area contributed by atoms with Gasteiger partial charge in [0.25, 0.3) is 5.56 Å². The van der Waals surface area contributed by atoms with E-state index < -0.39 is 11.2 Å². The van der Waals surface area contributed by atoms with Gasteiger partial charge < -0.3 is 9.47 Å². The number of rotatable bonds is 2. The fourth-order valence-corrected chi connectivity index (χ4v) is 2.68. The van der Waals surface area contributed by atoms with E-state index in [1.54, 1.807) is 38.2 Å². The van der Waals surface area contributed by atoms with E-state index in [4.69, 9.17) is 21.1 Å². The smallest absolute Gasteiger partial charge is 0.331 e. The van der Waals surface area contributed by atoms with E-state index in [-0.39, 0.29) is 12.4 Å². The van der Waals surface area contributed by atoms with Crippen LogP contribution in [-0.4, -0.2) is 15.7 Å². The second-order valence-electron chi connectivity index (χ2n) is 5.25. The Balaban J connectivity index is 2.15. The lowest BCUT2D eigenvalue weighted by atomic mass is 10.1. The molecule has 2 aromatic rings. The van der Waals surface area contributed by atoms with Gasteiger partial charge in [-0.05, 0) is 19.1 Å². The zero-order valence-electron chi connectivity index (χ0n) is 12.9. The topological polar surface area (TPSA) is 62.5 Å². The Bertz CT molecular complexity index is 940. The van der Waals surface area contributed by atoms with Crippen molar-refractivity contribution in [1.82, 2.24) is 9.13 Å². The van der Waals surface area contributed by atoms with Crippen molar-refractivity contribution in [1.29, 1.82) is 0 Å². The standard InChI is InChI=1S/C16H15ClN2O4/c1-9-12(23-11-7-5-4-6-10(11)17)8-22-14-13(9)18(2)16(21)19(3)15(14)20/h4-7H,8H2,1-3H3. The molecule has 1 aliphatic rings. The first-order valence-electron chi connectivity index (χ1n) is 6.97. The van der Waals surface area contributed by atoms with Crippen LogP contribution in [-0.2, 0) is 14.1 Å². The van der Waals surface area contributed by atoms with Crippen molar-refractivity contribution in [2.24, 2.45) is 14.1 Å². The van der Waals surface area contributed by atoms with Crippen molar-refractivity contribution >= 4 is 17.2 Å². The number of allylic oxidation sites excluding steroid dienone is 1. The summed E-state index contributed by atoms with van der Waals surface area (Å²) in [5, 5.41) is 0.469. The predicted octanol–water partition coefficient (Wildman–Crippen LogP) is 1.94. The summed E-state index contributed by atoms with van der Waals surface area (Å²) in [5.74, 6) is 1.15. The van der Waals surface area contributed by atoms with Crippen LogP contribution in [0.4, 0.5) is 0 Å². The van der Waals surface area contributed by atoms with Crippen molar-refractivity contribution < 1.29 is 9.47 Å². The fourth-order valence-electron chi connectivity index (χ4n) is 2.51. The third kappa shape index (κ3) is 2.45. The molecule has 2 heterocycles. The number of hydrogen-bond donors (Lipinski definition) is 0. The highest BCUT2D eigenvalue weighted by Crippen LogP contribution is 2.32. The van der Waals surface area contributed by atoms with Crippen molar-refractivity contribution in [2.75, 3.05) is 6.61 Å². The Labute approximate surface area is 137 Å². The summed E-state index contributed by atoms with van der Waals surface area (Å²) in [7, 11) is 3.01. The highest BCUT2D eigenvalue weighted by atomic mass is 35.5. The molecule has 120 valence electrons. The summed E-state index contributed by atoms with van der Waals surface area (Å²) in [4.78, 5) is 24.3. The molecule has 6 nitrogen and oxygen atoms in total. The molecule has 0 radical (unpaired) electrons. The summed E-state index contributed by atoms with van der Waals surface area (Å²) in [6, 6.07) is 7.06. The number of benzene rings is 1. The van der Waals surface area contributed by atoms with E-state index >= 15 is 0 Å². The first kappa shape index (κ1) is 15.4. The van der Waals surface area contributed by atoms with Gasteiger partial charge in [0.1, 0.15) is 18.1 Å². The first-order valence-corrected chi connectivity index (χ1v) is 7.35. The summed E-state index contributed by atoms with van der Waals surface area (Å²) in [5.41, 5.74) is 0.213. The normalized spacial score (nSPS) is 13.6. The van der Waals surface area contributed by atoms with E-state index in [2.05, 4.69) is 0 Å². The second kappa shape index (κ2) is 5.62. The number of hydrogen-bond acceptors (Lipinski definition) is 4. The molecule has 0 unspecified atom stereocenters. The molecule has 0 aliphatic carbocycles. The maximum absolute atomic E-state index is 12.2. The molecule has 7 heteroatoms. The lowest BCUT2D eigenvalue weighted by molar-refractivity contribution is 0.265. The third-order valence-electron chi connectivity index (χ3n) is 3.81. The summed E-state index contributed by atoms with van der Waals surface area (Å²) in [6.07, 6.45) is 0. The summed E-state index contributed by atoms with van der Waals surface area (Å²) >= 11 is 6.10. The van der Waals surface area contributed by atoms with Gasteiger partial charge in [-0.2, -0.15) is 0 Å². The van der Waals surface area contributed by atoms with Gasteiger partial charge in [-0.3, -0.25) is 13.9 Å². The monoisotopic (exact) mass is 334 g/mol. The van der Waals surface area contributed by atoms with E-state index in [1.165, 1.54) is 11.6 Å². The van der Waals surface area contributed by atoms with Crippen molar-refractivity contribution in [3.05, 3.63) is 61.6 Å². The number of aromatic nitrogens is 2. The zero-order chi connectivity index (χ0) is 16.7. The molecule has 0 spiro atoms. The number of halogens is 1. The quantitative estimate of drug-likeness (QED) is 0.842. The van der Waals surface area contributed by atoms with Gasteiger partial charge in [-0.1, -0.05) is 23.7 Å². The number of fused-ring (bicyclic) bond motifs is 1. The van der Waals surface area contributed by atoms with Crippen molar-refractivity contribution in [2.45, 2.75) is 6.92 Å². The predicted molar refractivity (Wildman–Crippen MR) is 87.1 cm³/mol. The van der Waals surface area contributed by atoms with Crippen LogP contribution >= 0.6 is 11.6 Å². The maximum Gasteiger partial charge on any atom is 0.331 e. The molecule has 23 heavy (non-hydrogen) atoms. The van der Waals surface area contributed by atoms with Gasteiger partial charge in [-0.25, -0.2) is 4.79 Å². The molecule has 1 aromatic heterocycles. The highest BCUT2D eigenvalue weighted by molar-refractivity contribution is 6.32. The minimum atomic E-state index is -0.459. The van der Waals surface area contributed by atoms with E-state index in [1.807, 2.05) is 0 Å². The molecule has 0 bridgehead atoms. The van der Waals surface area contributed by atoms with Crippen LogP contribution in [0.25, 0.3) is 5.57 Å². The second-order valence-corrected chi connectivity index (χ2v) is 5.66. The maximum atomic E-state index is 12.2. The lowest BCUT2D eigenvalue weighted by Crippen LogP contribution is -2.40. The van der Waals surface area contributed by atoms with Gasteiger partial charge >= 0.3 is 5.69 Å². The number of nitrogens with zero attached hydrogens (tertiary/aromatic N) is 2. The summed E-state index contributed by atoms with van der Waals surface area (Å²) in [6.45, 7) is 1.88. The van der Waals surface area contributed by atoms with Crippen LogP contribution in [0, 0.1) is 0 Å². The Hall–Kier alpha value is -2.47. The van der Waals surface area contributed by atoms with Crippen molar-refractivity contribution in [3.63, 3.8) is 0 Å². The Morgan fingerprint density at radius 2 is 1.87 bits per heavy atom. The molecule has 0 atom stereocenters. The lowest BCUT2D eigenvalue weighted by Gasteiger charge is -2.24. The highest BCUT2D eigenvalue weighted by Gasteiger charge is 2.26. The average Bonchev–Trinajstić information content (AvgIpc) is 2.54. The molecular formula is C16H15ClN2O4. The van der Waals surface area contributed by atoms with Crippen molar-refractivity contribution in [3.8, 4) is 11.5 Å². The van der Waals surface area contributed by atoms with Crippen LogP contribution in [0.5, 0.6) is 11.5 Å². The van der Waals surface area contributed by atoms with Gasteiger partial charge in [0.2, 0.25) is 5.75 Å².